The number of halogens is 2. The van der Waals surface area contributed by atoms with Gasteiger partial charge in [-0.3, -0.25) is 10.1 Å². The Bertz CT molecular complexity index is 644. The highest BCUT2D eigenvalue weighted by atomic mass is 32.2. The lowest BCUT2D eigenvalue weighted by atomic mass is 10.2. The van der Waals surface area contributed by atoms with Gasteiger partial charge in [-0.15, -0.1) is 0 Å². The van der Waals surface area contributed by atoms with Crippen molar-refractivity contribution in [3.8, 4) is 0 Å². The highest BCUT2D eigenvalue weighted by molar-refractivity contribution is 7.92. The van der Waals surface area contributed by atoms with Gasteiger partial charge in [0.05, 0.1) is 9.67 Å². The highest BCUT2D eigenvalue weighted by Crippen LogP contribution is 2.29. The molecule has 112 valence electrons. The second-order valence-corrected chi connectivity index (χ2v) is 7.58. The number of sulfone groups is 1. The van der Waals surface area contributed by atoms with Crippen LogP contribution in [0.15, 0.2) is 12.1 Å². The Labute approximate surface area is 114 Å². The first-order valence-corrected chi connectivity index (χ1v) is 7.42. The lowest BCUT2D eigenvalue weighted by molar-refractivity contribution is -0.386. The fraction of sp³-hybridized carbons (Fsp3) is 0.455. The zero-order valence-corrected chi connectivity index (χ0v) is 11.9. The van der Waals surface area contributed by atoms with Gasteiger partial charge < -0.3 is 5.32 Å². The molecule has 0 bridgehead atoms. The van der Waals surface area contributed by atoms with Crippen molar-refractivity contribution in [3.63, 3.8) is 0 Å². The van der Waals surface area contributed by atoms with Crippen LogP contribution < -0.4 is 5.32 Å². The zero-order chi connectivity index (χ0) is 15.7. The molecule has 0 saturated carbocycles. The Morgan fingerprint density at radius 2 is 1.90 bits per heavy atom. The maximum atomic E-state index is 13.4. The van der Waals surface area contributed by atoms with Crippen molar-refractivity contribution in [3.05, 3.63) is 33.9 Å². The van der Waals surface area contributed by atoms with Gasteiger partial charge >= 0.3 is 5.69 Å². The molecule has 0 radical (unpaired) electrons. The Morgan fingerprint density at radius 3 is 2.35 bits per heavy atom. The van der Waals surface area contributed by atoms with Crippen molar-refractivity contribution in [2.45, 2.75) is 18.6 Å². The molecule has 0 spiro atoms. The number of rotatable bonds is 5. The molecule has 0 saturated heterocycles. The van der Waals surface area contributed by atoms with Gasteiger partial charge in [0.2, 0.25) is 5.82 Å². The Kier molecular flexibility index (Phi) is 4.33. The summed E-state index contributed by atoms with van der Waals surface area (Å²) in [5.74, 6) is -2.32. The van der Waals surface area contributed by atoms with Crippen LogP contribution in [-0.2, 0) is 9.84 Å². The molecule has 6 nitrogen and oxygen atoms in total. The molecular weight excluding hydrogens is 294 g/mol. The second-order valence-electron chi connectivity index (χ2n) is 4.93. The molecule has 0 aliphatic carbocycles. The lowest BCUT2D eigenvalue weighted by Crippen LogP contribution is -2.38. The first kappa shape index (κ1) is 16.3. The summed E-state index contributed by atoms with van der Waals surface area (Å²) in [4.78, 5) is 9.76. The van der Waals surface area contributed by atoms with E-state index in [0.29, 0.717) is 6.07 Å². The number of nitro benzene ring substituents is 1. The largest absolute Gasteiger partial charge is 0.378 e. The minimum absolute atomic E-state index is 0.227. The van der Waals surface area contributed by atoms with Crippen LogP contribution in [0.4, 0.5) is 20.2 Å². The summed E-state index contributed by atoms with van der Waals surface area (Å²) >= 11 is 0. The second kappa shape index (κ2) is 5.31. The molecule has 0 heterocycles. The van der Waals surface area contributed by atoms with E-state index in [2.05, 4.69) is 5.32 Å². The van der Waals surface area contributed by atoms with Crippen LogP contribution >= 0.6 is 0 Å². The topological polar surface area (TPSA) is 89.3 Å². The molecule has 1 N–H and O–H groups in total. The van der Waals surface area contributed by atoms with Crippen molar-refractivity contribution < 1.29 is 22.1 Å². The van der Waals surface area contributed by atoms with Gasteiger partial charge in [0.25, 0.3) is 0 Å². The number of nitro groups is 1. The number of nitrogens with zero attached hydrogens (tertiary/aromatic N) is 1. The average molecular weight is 308 g/mol. The van der Waals surface area contributed by atoms with E-state index in [9.17, 15) is 27.3 Å². The fourth-order valence-electron chi connectivity index (χ4n) is 1.33. The molecule has 0 amide bonds. The Morgan fingerprint density at radius 1 is 1.35 bits per heavy atom. The van der Waals surface area contributed by atoms with Crippen LogP contribution in [0.25, 0.3) is 0 Å². The minimum Gasteiger partial charge on any atom is -0.378 e. The third-order valence-corrected chi connectivity index (χ3v) is 5.07. The quantitative estimate of drug-likeness (QED) is 0.664. The summed E-state index contributed by atoms with van der Waals surface area (Å²) in [6.45, 7) is 2.57. The van der Waals surface area contributed by atoms with Crippen molar-refractivity contribution in [1.29, 1.82) is 0 Å². The first-order valence-electron chi connectivity index (χ1n) is 5.52. The summed E-state index contributed by atoms with van der Waals surface area (Å²) in [7, 11) is -3.45. The number of hydrogen-bond acceptors (Lipinski definition) is 5. The third-order valence-electron chi connectivity index (χ3n) is 2.92. The van der Waals surface area contributed by atoms with E-state index < -0.39 is 42.5 Å². The highest BCUT2D eigenvalue weighted by Gasteiger charge is 2.31. The molecule has 1 aromatic carbocycles. The number of anilines is 1. The van der Waals surface area contributed by atoms with Gasteiger partial charge in [0.15, 0.2) is 9.84 Å². The van der Waals surface area contributed by atoms with Crippen LogP contribution in [0.2, 0.25) is 0 Å². The summed E-state index contributed by atoms with van der Waals surface area (Å²) in [6, 6.07) is 1.14. The number of hydrogen-bond donors (Lipinski definition) is 1. The van der Waals surface area contributed by atoms with Gasteiger partial charge in [-0.25, -0.2) is 12.8 Å². The van der Waals surface area contributed by atoms with Crippen molar-refractivity contribution in [1.82, 2.24) is 0 Å². The van der Waals surface area contributed by atoms with Crippen LogP contribution in [0.5, 0.6) is 0 Å². The minimum atomic E-state index is -3.45. The maximum absolute atomic E-state index is 13.4. The molecule has 20 heavy (non-hydrogen) atoms. The van der Waals surface area contributed by atoms with Crippen LogP contribution in [0, 0.1) is 21.7 Å². The van der Waals surface area contributed by atoms with E-state index in [1.54, 1.807) is 0 Å². The van der Waals surface area contributed by atoms with E-state index in [1.165, 1.54) is 13.8 Å². The third kappa shape index (κ3) is 3.41. The zero-order valence-electron chi connectivity index (χ0n) is 11.1. The van der Waals surface area contributed by atoms with Gasteiger partial charge in [-0.1, -0.05) is 0 Å². The van der Waals surface area contributed by atoms with Gasteiger partial charge in [-0.05, 0) is 13.8 Å². The average Bonchev–Trinajstić information content (AvgIpc) is 2.23. The van der Waals surface area contributed by atoms with Crippen molar-refractivity contribution >= 4 is 21.2 Å². The maximum Gasteiger partial charge on any atom is 0.327 e. The molecule has 0 fully saturated rings. The van der Waals surface area contributed by atoms with E-state index in [-0.39, 0.29) is 6.54 Å². The van der Waals surface area contributed by atoms with E-state index in [1.807, 2.05) is 0 Å². The van der Waals surface area contributed by atoms with E-state index >= 15 is 0 Å². The summed E-state index contributed by atoms with van der Waals surface area (Å²) in [5, 5.41) is 13.2. The van der Waals surface area contributed by atoms with Gasteiger partial charge in [-0.2, -0.15) is 4.39 Å². The van der Waals surface area contributed by atoms with Gasteiger partial charge in [0.1, 0.15) is 11.5 Å². The summed E-state index contributed by atoms with van der Waals surface area (Å²) in [6.07, 6.45) is 1.01. The van der Waals surface area contributed by atoms with Crippen LogP contribution in [-0.4, -0.2) is 30.9 Å². The molecule has 0 aliphatic rings. The molecular formula is C11H14F2N2O4S. The fourth-order valence-corrected chi connectivity index (χ4v) is 1.66. The first-order chi connectivity index (χ1) is 8.95. The molecule has 9 heteroatoms. The van der Waals surface area contributed by atoms with Crippen molar-refractivity contribution in [2.75, 3.05) is 18.1 Å². The monoisotopic (exact) mass is 308 g/mol. The number of nitrogens with one attached hydrogen (secondary N) is 1. The van der Waals surface area contributed by atoms with E-state index in [0.717, 1.165) is 12.3 Å². The molecule has 1 aromatic rings. The Hall–Kier alpha value is -1.77. The predicted octanol–water partition coefficient (Wildman–Crippen LogP) is 2.11. The van der Waals surface area contributed by atoms with E-state index in [4.69, 9.17) is 0 Å². The van der Waals surface area contributed by atoms with Crippen LogP contribution in [0.1, 0.15) is 13.8 Å². The Balaban J connectivity index is 3.14. The summed E-state index contributed by atoms with van der Waals surface area (Å²) in [5.41, 5.74) is -1.32. The molecule has 0 aliphatic heterocycles. The lowest BCUT2D eigenvalue weighted by Gasteiger charge is -2.23. The number of benzene rings is 1. The molecule has 0 unspecified atom stereocenters. The predicted molar refractivity (Wildman–Crippen MR) is 70.4 cm³/mol. The molecule has 0 aromatic heterocycles. The molecule has 1 rings (SSSR count). The standard InChI is InChI=1S/C11H14F2N2O4S/c1-11(2,20(3,18)19)6-14-9-5-7(12)4-8(13)10(9)15(16)17/h4-5,14H,6H2,1-3H3. The smallest absolute Gasteiger partial charge is 0.327 e. The summed E-state index contributed by atoms with van der Waals surface area (Å²) < 4.78 is 48.2. The van der Waals surface area contributed by atoms with Gasteiger partial charge in [0, 0.05) is 24.9 Å². The van der Waals surface area contributed by atoms with Crippen LogP contribution in [0.3, 0.4) is 0 Å². The molecule has 0 atom stereocenters. The normalized spacial score (nSPS) is 12.2. The SMILES string of the molecule is CC(C)(CNc1cc(F)cc(F)c1[N+](=O)[O-])S(C)(=O)=O. The van der Waals surface area contributed by atoms with Crippen molar-refractivity contribution in [2.24, 2.45) is 0 Å².